The number of furan rings is 1. The lowest BCUT2D eigenvalue weighted by atomic mass is 10.2. The number of amides is 2. The van der Waals surface area contributed by atoms with Crippen LogP contribution in [0.3, 0.4) is 0 Å². The number of H-pyrrole nitrogens is 1. The molecule has 0 aliphatic carbocycles. The molecule has 4 rings (SSSR count). The van der Waals surface area contributed by atoms with Gasteiger partial charge < -0.3 is 20.0 Å². The Hall–Kier alpha value is -4.39. The number of carbonyl (C=O) groups is 2. The highest BCUT2D eigenvalue weighted by molar-refractivity contribution is 6.04. The smallest absolute Gasteiger partial charge is 0.267 e. The maximum absolute atomic E-state index is 12.8. The molecule has 0 unspecified atom stereocenters. The van der Waals surface area contributed by atoms with Gasteiger partial charge in [0.15, 0.2) is 0 Å². The average molecular weight is 426 g/mol. The lowest BCUT2D eigenvalue weighted by molar-refractivity contribution is -0.121. The zero-order valence-electron chi connectivity index (χ0n) is 17.2. The molecule has 0 spiro atoms. The van der Waals surface area contributed by atoms with E-state index >= 15 is 0 Å². The summed E-state index contributed by atoms with van der Waals surface area (Å²) in [6.07, 6.45) is 6.54. The summed E-state index contributed by atoms with van der Waals surface area (Å²) < 4.78 is 5.18. The number of benzene rings is 2. The molecule has 0 aliphatic heterocycles. The summed E-state index contributed by atoms with van der Waals surface area (Å²) in [4.78, 5) is 32.9. The molecule has 2 aromatic carbocycles. The monoisotopic (exact) mass is 426 g/mol. The molecule has 2 amide bonds. The molecule has 0 radical (unpaired) electrons. The van der Waals surface area contributed by atoms with Crippen LogP contribution >= 0.6 is 0 Å². The standard InChI is InChI=1S/C25H22N4O3/c30-24(13-12-19-9-6-16-32-19)29-22(17-18-7-2-1-3-8-18)25(31)26-15-14-23-27-20-10-4-5-11-21(20)28-23/h1-13,16-17H,14-15H2,(H,26,31)(H,27,28)(H,29,30)/b13-12+,22-17-. The number of imidazole rings is 1. The van der Waals surface area contributed by atoms with Gasteiger partial charge in [-0.3, -0.25) is 9.59 Å². The van der Waals surface area contributed by atoms with E-state index in [0.29, 0.717) is 18.7 Å². The van der Waals surface area contributed by atoms with Gasteiger partial charge in [-0.2, -0.15) is 0 Å². The quantitative estimate of drug-likeness (QED) is 0.374. The summed E-state index contributed by atoms with van der Waals surface area (Å²) in [5.74, 6) is 0.509. The molecule has 0 saturated heterocycles. The predicted octanol–water partition coefficient (Wildman–Crippen LogP) is 3.69. The molecular formula is C25H22N4O3. The fourth-order valence-electron chi connectivity index (χ4n) is 3.11. The van der Waals surface area contributed by atoms with Crippen LogP contribution in [0.4, 0.5) is 0 Å². The topological polar surface area (TPSA) is 100 Å². The Morgan fingerprint density at radius 1 is 1.00 bits per heavy atom. The van der Waals surface area contributed by atoms with Crippen molar-refractivity contribution in [1.29, 1.82) is 0 Å². The minimum Gasteiger partial charge on any atom is -0.465 e. The highest BCUT2D eigenvalue weighted by Gasteiger charge is 2.12. The highest BCUT2D eigenvalue weighted by Crippen LogP contribution is 2.10. The fourth-order valence-corrected chi connectivity index (χ4v) is 3.11. The lowest BCUT2D eigenvalue weighted by Gasteiger charge is -2.09. The highest BCUT2D eigenvalue weighted by atomic mass is 16.3. The van der Waals surface area contributed by atoms with Crippen molar-refractivity contribution in [2.45, 2.75) is 6.42 Å². The number of hydrogen-bond donors (Lipinski definition) is 3. The number of aromatic nitrogens is 2. The normalized spacial score (nSPS) is 11.7. The first-order valence-corrected chi connectivity index (χ1v) is 10.2. The molecule has 32 heavy (non-hydrogen) atoms. The van der Waals surface area contributed by atoms with E-state index in [0.717, 1.165) is 22.4 Å². The van der Waals surface area contributed by atoms with Crippen LogP contribution in [0.1, 0.15) is 17.1 Å². The van der Waals surface area contributed by atoms with E-state index in [4.69, 9.17) is 4.42 Å². The van der Waals surface area contributed by atoms with E-state index in [2.05, 4.69) is 20.6 Å². The summed E-state index contributed by atoms with van der Waals surface area (Å²) in [6, 6.07) is 20.5. The predicted molar refractivity (Wildman–Crippen MR) is 123 cm³/mol. The Morgan fingerprint density at radius 3 is 2.59 bits per heavy atom. The largest absolute Gasteiger partial charge is 0.465 e. The lowest BCUT2D eigenvalue weighted by Crippen LogP contribution is -2.35. The Balaban J connectivity index is 1.41. The van der Waals surface area contributed by atoms with E-state index in [1.54, 1.807) is 18.2 Å². The number of para-hydroxylation sites is 2. The van der Waals surface area contributed by atoms with E-state index in [-0.39, 0.29) is 11.6 Å². The van der Waals surface area contributed by atoms with E-state index in [1.807, 2.05) is 54.6 Å². The molecule has 4 aromatic rings. The number of aromatic amines is 1. The zero-order chi connectivity index (χ0) is 22.2. The Bertz CT molecular complexity index is 1220. The summed E-state index contributed by atoms with van der Waals surface area (Å²) in [5, 5.41) is 5.50. The molecule has 2 aromatic heterocycles. The SMILES string of the molecule is O=C(/C=C/c1ccco1)N/C(=C\c1ccccc1)C(=O)NCCc1nc2ccccc2[nH]1. The average Bonchev–Trinajstić information content (AvgIpc) is 3.47. The molecule has 0 atom stereocenters. The van der Waals surface area contributed by atoms with Crippen molar-refractivity contribution in [3.8, 4) is 0 Å². The van der Waals surface area contributed by atoms with Gasteiger partial charge in [0.25, 0.3) is 5.91 Å². The first-order chi connectivity index (χ1) is 15.7. The summed E-state index contributed by atoms with van der Waals surface area (Å²) in [5.41, 5.74) is 2.78. The molecule has 7 heteroatoms. The summed E-state index contributed by atoms with van der Waals surface area (Å²) >= 11 is 0. The number of hydrogen-bond acceptors (Lipinski definition) is 4. The van der Waals surface area contributed by atoms with Crippen molar-refractivity contribution in [1.82, 2.24) is 20.6 Å². The van der Waals surface area contributed by atoms with Crippen LogP contribution in [0.15, 0.2) is 89.2 Å². The number of nitrogens with zero attached hydrogens (tertiary/aromatic N) is 1. The fraction of sp³-hybridized carbons (Fsp3) is 0.0800. The number of rotatable bonds is 8. The van der Waals surface area contributed by atoms with Gasteiger partial charge in [0.05, 0.1) is 17.3 Å². The van der Waals surface area contributed by atoms with Crippen LogP contribution in [-0.4, -0.2) is 28.3 Å². The van der Waals surface area contributed by atoms with Crippen LogP contribution in [0.2, 0.25) is 0 Å². The Labute approximate surface area is 184 Å². The van der Waals surface area contributed by atoms with Gasteiger partial charge >= 0.3 is 0 Å². The van der Waals surface area contributed by atoms with Gasteiger partial charge in [0.2, 0.25) is 5.91 Å². The minimum absolute atomic E-state index is 0.148. The maximum atomic E-state index is 12.8. The van der Waals surface area contributed by atoms with Gasteiger partial charge in [-0.1, -0.05) is 42.5 Å². The second-order valence-electron chi connectivity index (χ2n) is 7.01. The van der Waals surface area contributed by atoms with Gasteiger partial charge in [0.1, 0.15) is 17.3 Å². The van der Waals surface area contributed by atoms with Crippen molar-refractivity contribution in [3.05, 3.63) is 102 Å². The number of fused-ring (bicyclic) bond motifs is 1. The van der Waals surface area contributed by atoms with Crippen LogP contribution in [0, 0.1) is 0 Å². The third-order valence-electron chi connectivity index (χ3n) is 4.64. The van der Waals surface area contributed by atoms with Crippen LogP contribution in [0.25, 0.3) is 23.2 Å². The molecule has 2 heterocycles. The second-order valence-corrected chi connectivity index (χ2v) is 7.01. The molecular weight excluding hydrogens is 404 g/mol. The van der Waals surface area contributed by atoms with Crippen LogP contribution in [-0.2, 0) is 16.0 Å². The van der Waals surface area contributed by atoms with Gasteiger partial charge in [0, 0.05) is 19.0 Å². The van der Waals surface area contributed by atoms with Gasteiger partial charge in [-0.15, -0.1) is 0 Å². The minimum atomic E-state index is -0.434. The number of carbonyl (C=O) groups excluding carboxylic acids is 2. The van der Waals surface area contributed by atoms with Crippen molar-refractivity contribution in [2.24, 2.45) is 0 Å². The first kappa shape index (κ1) is 20.9. The Morgan fingerprint density at radius 2 is 1.81 bits per heavy atom. The molecule has 0 saturated carbocycles. The Kier molecular flexibility index (Phi) is 6.57. The molecule has 0 fully saturated rings. The first-order valence-electron chi connectivity index (χ1n) is 10.2. The summed E-state index contributed by atoms with van der Waals surface area (Å²) in [7, 11) is 0. The van der Waals surface area contributed by atoms with E-state index in [1.165, 1.54) is 18.4 Å². The van der Waals surface area contributed by atoms with Gasteiger partial charge in [-0.05, 0) is 42.0 Å². The maximum Gasteiger partial charge on any atom is 0.267 e. The van der Waals surface area contributed by atoms with Crippen molar-refractivity contribution in [3.63, 3.8) is 0 Å². The van der Waals surface area contributed by atoms with Crippen molar-refractivity contribution in [2.75, 3.05) is 6.54 Å². The van der Waals surface area contributed by atoms with E-state index < -0.39 is 5.91 Å². The van der Waals surface area contributed by atoms with Crippen molar-refractivity contribution >= 4 is 35.0 Å². The van der Waals surface area contributed by atoms with Crippen LogP contribution in [0.5, 0.6) is 0 Å². The third kappa shape index (κ3) is 5.60. The molecule has 7 nitrogen and oxygen atoms in total. The third-order valence-corrected chi connectivity index (χ3v) is 4.64. The zero-order valence-corrected chi connectivity index (χ0v) is 17.2. The second kappa shape index (κ2) is 10.1. The van der Waals surface area contributed by atoms with E-state index in [9.17, 15) is 9.59 Å². The molecule has 160 valence electrons. The molecule has 3 N–H and O–H groups in total. The van der Waals surface area contributed by atoms with Crippen LogP contribution < -0.4 is 10.6 Å². The van der Waals surface area contributed by atoms with Gasteiger partial charge in [-0.25, -0.2) is 4.98 Å². The van der Waals surface area contributed by atoms with Crippen molar-refractivity contribution < 1.29 is 14.0 Å². The molecule has 0 bridgehead atoms. The summed E-state index contributed by atoms with van der Waals surface area (Å²) in [6.45, 7) is 0.364. The number of nitrogens with one attached hydrogen (secondary N) is 3. The molecule has 0 aliphatic rings.